The molecule has 0 aliphatic heterocycles. The van der Waals surface area contributed by atoms with Gasteiger partial charge in [-0.15, -0.1) is 0 Å². The molecule has 0 bridgehead atoms. The Morgan fingerprint density at radius 3 is 2.75 bits per heavy atom. The van der Waals surface area contributed by atoms with Gasteiger partial charge in [-0.05, 0) is 30.5 Å². The quantitative estimate of drug-likeness (QED) is 0.850. The molecule has 0 aliphatic rings. The van der Waals surface area contributed by atoms with Gasteiger partial charge in [0.2, 0.25) is 0 Å². The zero-order chi connectivity index (χ0) is 11.5. The minimum absolute atomic E-state index is 0.275. The molecule has 1 heterocycles. The first-order valence-electron chi connectivity index (χ1n) is 5.86. The second kappa shape index (κ2) is 4.52. The lowest BCUT2D eigenvalue weighted by atomic mass is 10.0. The number of aromatic hydroxyl groups is 1. The number of aromatic nitrogens is 1. The van der Waals surface area contributed by atoms with Gasteiger partial charge in [0.05, 0.1) is 0 Å². The Balaban J connectivity index is 2.65. The maximum Gasteiger partial charge on any atom is 0.141 e. The minimum atomic E-state index is 0.275. The van der Waals surface area contributed by atoms with E-state index in [9.17, 15) is 5.11 Å². The van der Waals surface area contributed by atoms with Gasteiger partial charge in [-0.1, -0.05) is 32.4 Å². The van der Waals surface area contributed by atoms with Gasteiger partial charge in [-0.25, -0.2) is 4.98 Å². The Morgan fingerprint density at radius 1 is 1.25 bits per heavy atom. The van der Waals surface area contributed by atoms with E-state index in [0.29, 0.717) is 0 Å². The molecule has 0 unspecified atom stereocenters. The van der Waals surface area contributed by atoms with Gasteiger partial charge in [-0.2, -0.15) is 0 Å². The number of pyridine rings is 1. The molecule has 0 atom stereocenters. The Labute approximate surface area is 96.0 Å². The van der Waals surface area contributed by atoms with Crippen molar-refractivity contribution in [1.29, 1.82) is 0 Å². The molecule has 2 rings (SSSR count). The molecule has 2 heteroatoms. The van der Waals surface area contributed by atoms with Crippen LogP contribution in [0.1, 0.15) is 31.5 Å². The largest absolute Gasteiger partial charge is 0.506 e. The van der Waals surface area contributed by atoms with Crippen molar-refractivity contribution in [2.24, 2.45) is 0 Å². The number of hydrogen-bond acceptors (Lipinski definition) is 2. The zero-order valence-electron chi connectivity index (χ0n) is 9.83. The first kappa shape index (κ1) is 10.9. The Morgan fingerprint density at radius 2 is 2.06 bits per heavy atom. The smallest absolute Gasteiger partial charge is 0.141 e. The topological polar surface area (TPSA) is 33.1 Å². The molecule has 1 aromatic carbocycles. The van der Waals surface area contributed by atoms with Crippen LogP contribution in [-0.4, -0.2) is 10.1 Å². The van der Waals surface area contributed by atoms with Crippen molar-refractivity contribution in [3.63, 3.8) is 0 Å². The number of phenols is 1. The lowest BCUT2D eigenvalue weighted by molar-refractivity contribution is 0.480. The van der Waals surface area contributed by atoms with E-state index in [1.807, 2.05) is 12.1 Å². The number of aryl methyl sites for hydroxylation is 2. The van der Waals surface area contributed by atoms with Crippen LogP contribution in [0.4, 0.5) is 0 Å². The molecule has 84 valence electrons. The Kier molecular flexibility index (Phi) is 3.09. The fourth-order valence-electron chi connectivity index (χ4n) is 2.02. The van der Waals surface area contributed by atoms with Crippen LogP contribution >= 0.6 is 0 Å². The summed E-state index contributed by atoms with van der Waals surface area (Å²) in [6, 6.07) is 7.69. The molecular formula is C14H17NO. The summed E-state index contributed by atoms with van der Waals surface area (Å²) in [5.41, 5.74) is 3.14. The number of nitrogens with zero attached hydrogens (tertiary/aromatic N) is 1. The third-order valence-corrected chi connectivity index (χ3v) is 2.86. The first-order chi connectivity index (χ1) is 7.76. The van der Waals surface area contributed by atoms with E-state index >= 15 is 0 Å². The number of benzene rings is 1. The van der Waals surface area contributed by atoms with Gasteiger partial charge in [0, 0.05) is 11.1 Å². The Hall–Kier alpha value is -1.57. The molecule has 2 nitrogen and oxygen atoms in total. The summed E-state index contributed by atoms with van der Waals surface area (Å²) in [6.45, 7) is 4.29. The fraction of sp³-hybridized carbons (Fsp3) is 0.357. The number of fused-ring (bicyclic) bond motifs is 1. The normalized spacial score (nSPS) is 10.9. The molecule has 0 radical (unpaired) electrons. The Bertz CT molecular complexity index is 505. The fourth-order valence-corrected chi connectivity index (χ4v) is 2.02. The summed E-state index contributed by atoms with van der Waals surface area (Å²) in [5, 5.41) is 10.8. The van der Waals surface area contributed by atoms with E-state index in [-0.39, 0.29) is 5.75 Å². The van der Waals surface area contributed by atoms with Gasteiger partial charge < -0.3 is 5.11 Å². The predicted octanol–water partition coefficient (Wildman–Crippen LogP) is 3.46. The van der Waals surface area contributed by atoms with Gasteiger partial charge in [0.15, 0.2) is 0 Å². The van der Waals surface area contributed by atoms with Crippen molar-refractivity contribution < 1.29 is 5.11 Å². The summed E-state index contributed by atoms with van der Waals surface area (Å²) >= 11 is 0. The van der Waals surface area contributed by atoms with E-state index < -0.39 is 0 Å². The second-order valence-corrected chi connectivity index (χ2v) is 4.05. The number of hydrogen-bond donors (Lipinski definition) is 1. The molecular weight excluding hydrogens is 198 g/mol. The average molecular weight is 215 g/mol. The van der Waals surface area contributed by atoms with Crippen LogP contribution in [-0.2, 0) is 12.8 Å². The highest BCUT2D eigenvalue weighted by Crippen LogP contribution is 2.25. The van der Waals surface area contributed by atoms with Crippen LogP contribution in [0.15, 0.2) is 24.3 Å². The monoisotopic (exact) mass is 215 g/mol. The summed E-state index contributed by atoms with van der Waals surface area (Å²) in [7, 11) is 0. The van der Waals surface area contributed by atoms with E-state index in [4.69, 9.17) is 0 Å². The maximum absolute atomic E-state index is 9.76. The maximum atomic E-state index is 9.76. The van der Waals surface area contributed by atoms with E-state index in [2.05, 4.69) is 24.9 Å². The summed E-state index contributed by atoms with van der Waals surface area (Å²) < 4.78 is 0. The molecule has 0 aliphatic carbocycles. The van der Waals surface area contributed by atoms with Gasteiger partial charge in [0.1, 0.15) is 11.3 Å². The minimum Gasteiger partial charge on any atom is -0.506 e. The molecule has 16 heavy (non-hydrogen) atoms. The van der Waals surface area contributed by atoms with Crippen molar-refractivity contribution in [2.75, 3.05) is 0 Å². The van der Waals surface area contributed by atoms with E-state index in [1.165, 1.54) is 5.56 Å². The zero-order valence-corrected chi connectivity index (χ0v) is 9.83. The summed E-state index contributed by atoms with van der Waals surface area (Å²) in [6.07, 6.45) is 3.06. The van der Waals surface area contributed by atoms with E-state index in [1.54, 1.807) is 6.07 Å². The van der Waals surface area contributed by atoms with Gasteiger partial charge in [-0.3, -0.25) is 0 Å². The molecule has 1 N–H and O–H groups in total. The molecule has 2 aromatic rings. The number of para-hydroxylation sites is 1. The molecule has 0 amide bonds. The number of rotatable bonds is 3. The van der Waals surface area contributed by atoms with Crippen LogP contribution in [0.25, 0.3) is 10.9 Å². The standard InChI is InChI=1S/C14H17NO/c1-3-6-12-10(4-2)9-11-7-5-8-13(16)14(11)15-12/h5,7-9,16H,3-4,6H2,1-2H3. The molecule has 0 saturated carbocycles. The highest BCUT2D eigenvalue weighted by Gasteiger charge is 2.07. The van der Waals surface area contributed by atoms with Crippen LogP contribution in [0.5, 0.6) is 5.75 Å². The van der Waals surface area contributed by atoms with Gasteiger partial charge >= 0.3 is 0 Å². The van der Waals surface area contributed by atoms with Crippen molar-refractivity contribution in [2.45, 2.75) is 33.1 Å². The third-order valence-electron chi connectivity index (χ3n) is 2.86. The average Bonchev–Trinajstić information content (AvgIpc) is 2.30. The first-order valence-corrected chi connectivity index (χ1v) is 5.86. The van der Waals surface area contributed by atoms with E-state index in [0.717, 1.165) is 35.9 Å². The molecule has 1 aromatic heterocycles. The second-order valence-electron chi connectivity index (χ2n) is 4.05. The van der Waals surface area contributed by atoms with Gasteiger partial charge in [0.25, 0.3) is 0 Å². The van der Waals surface area contributed by atoms with Crippen LogP contribution in [0, 0.1) is 0 Å². The summed E-state index contributed by atoms with van der Waals surface area (Å²) in [5.74, 6) is 0.275. The lowest BCUT2D eigenvalue weighted by Gasteiger charge is -2.09. The molecule has 0 saturated heterocycles. The highest BCUT2D eigenvalue weighted by atomic mass is 16.3. The third kappa shape index (κ3) is 1.87. The van der Waals surface area contributed by atoms with Crippen molar-refractivity contribution in [3.8, 4) is 5.75 Å². The molecule has 0 fully saturated rings. The van der Waals surface area contributed by atoms with Crippen molar-refractivity contribution in [3.05, 3.63) is 35.5 Å². The number of phenolic OH excluding ortho intramolecular Hbond substituents is 1. The molecule has 0 spiro atoms. The lowest BCUT2D eigenvalue weighted by Crippen LogP contribution is -1.97. The van der Waals surface area contributed by atoms with Crippen molar-refractivity contribution >= 4 is 10.9 Å². The van der Waals surface area contributed by atoms with Crippen LogP contribution < -0.4 is 0 Å². The highest BCUT2D eigenvalue weighted by molar-refractivity contribution is 5.84. The van der Waals surface area contributed by atoms with Crippen LogP contribution in [0.2, 0.25) is 0 Å². The predicted molar refractivity (Wildman–Crippen MR) is 66.8 cm³/mol. The SMILES string of the molecule is CCCc1nc2c(O)cccc2cc1CC. The summed E-state index contributed by atoms with van der Waals surface area (Å²) in [4.78, 5) is 4.59. The van der Waals surface area contributed by atoms with Crippen LogP contribution in [0.3, 0.4) is 0 Å². The van der Waals surface area contributed by atoms with Crippen molar-refractivity contribution in [1.82, 2.24) is 4.98 Å².